The van der Waals surface area contributed by atoms with Crippen LogP contribution in [0.1, 0.15) is 51.4 Å². The molecule has 0 spiro atoms. The van der Waals surface area contributed by atoms with Crippen LogP contribution in [-0.2, 0) is 24.4 Å². The van der Waals surface area contributed by atoms with E-state index in [-0.39, 0.29) is 31.5 Å². The molecule has 2 atom stereocenters. The predicted octanol–water partition coefficient (Wildman–Crippen LogP) is -1.63. The van der Waals surface area contributed by atoms with Crippen molar-refractivity contribution in [2.75, 3.05) is 39.0 Å². The number of nitrogens with zero attached hydrogens (tertiary/aromatic N) is 2. The second-order valence-electron chi connectivity index (χ2n) is 9.51. The fourth-order valence-electron chi connectivity index (χ4n) is 5.23. The molecule has 1 saturated carbocycles. The minimum absolute atomic E-state index is 0.102. The first kappa shape index (κ1) is 24.9. The largest absolute Gasteiger partial charge is 0.368 e. The second-order valence-corrected chi connectivity index (χ2v) is 11.5. The van der Waals surface area contributed by atoms with Crippen molar-refractivity contribution < 1.29 is 28.1 Å². The van der Waals surface area contributed by atoms with Gasteiger partial charge in [-0.2, -0.15) is 4.31 Å². The van der Waals surface area contributed by atoms with Gasteiger partial charge in [0.2, 0.25) is 27.7 Å². The molecule has 0 aromatic rings. The number of quaternary nitrogens is 1. The Kier molecular flexibility index (Phi) is 8.51. The van der Waals surface area contributed by atoms with Crippen LogP contribution in [-0.4, -0.2) is 86.4 Å². The zero-order chi connectivity index (χ0) is 23.3. The van der Waals surface area contributed by atoms with Crippen molar-refractivity contribution in [3.05, 3.63) is 0 Å². The number of nitrogens with one attached hydrogen (secondary N) is 1. The maximum atomic E-state index is 13.3. The Hall–Kier alpha value is -1.72. The van der Waals surface area contributed by atoms with Crippen molar-refractivity contribution in [1.29, 1.82) is 0 Å². The molecular formula is C21H38N5O5S+. The summed E-state index contributed by atoms with van der Waals surface area (Å²) in [6.45, 7) is 1.94. The van der Waals surface area contributed by atoms with Gasteiger partial charge < -0.3 is 21.3 Å². The smallest absolute Gasteiger partial charge is 0.244 e. The molecule has 0 bridgehead atoms. The van der Waals surface area contributed by atoms with Gasteiger partial charge in [0.1, 0.15) is 12.1 Å². The molecule has 0 unspecified atom stereocenters. The number of rotatable bonds is 7. The van der Waals surface area contributed by atoms with Crippen molar-refractivity contribution >= 4 is 27.7 Å². The molecule has 10 nitrogen and oxygen atoms in total. The van der Waals surface area contributed by atoms with Gasteiger partial charge in [0, 0.05) is 38.4 Å². The van der Waals surface area contributed by atoms with E-state index in [4.69, 9.17) is 5.73 Å². The molecule has 3 amide bonds. The fraction of sp³-hybridized carbons (Fsp3) is 0.857. The van der Waals surface area contributed by atoms with Crippen molar-refractivity contribution in [2.45, 2.75) is 63.5 Å². The number of carbonyl (C=O) groups excluding carboxylic acids is 3. The lowest BCUT2D eigenvalue weighted by atomic mass is 9.84. The summed E-state index contributed by atoms with van der Waals surface area (Å²) < 4.78 is 25.5. The molecule has 2 heterocycles. The zero-order valence-corrected chi connectivity index (χ0v) is 19.8. The van der Waals surface area contributed by atoms with E-state index in [9.17, 15) is 22.8 Å². The van der Waals surface area contributed by atoms with E-state index in [1.165, 1.54) is 15.6 Å². The summed E-state index contributed by atoms with van der Waals surface area (Å²) in [5.74, 6) is -1.03. The Balaban J connectivity index is 1.74. The van der Waals surface area contributed by atoms with Crippen molar-refractivity contribution in [1.82, 2.24) is 14.5 Å². The van der Waals surface area contributed by atoms with Gasteiger partial charge in [0.05, 0.1) is 19.3 Å². The highest BCUT2D eigenvalue weighted by atomic mass is 32.2. The lowest BCUT2D eigenvalue weighted by molar-refractivity contribution is -0.664. The van der Waals surface area contributed by atoms with Crippen molar-refractivity contribution in [3.63, 3.8) is 0 Å². The van der Waals surface area contributed by atoms with E-state index in [0.29, 0.717) is 12.3 Å². The van der Waals surface area contributed by atoms with Gasteiger partial charge in [-0.25, -0.2) is 8.42 Å². The van der Waals surface area contributed by atoms with Gasteiger partial charge in [0.25, 0.3) is 0 Å². The predicted molar refractivity (Wildman–Crippen MR) is 119 cm³/mol. The van der Waals surface area contributed by atoms with Crippen LogP contribution in [0.25, 0.3) is 0 Å². The summed E-state index contributed by atoms with van der Waals surface area (Å²) in [5.41, 5.74) is 5.60. The summed E-state index contributed by atoms with van der Waals surface area (Å²) >= 11 is 0. The van der Waals surface area contributed by atoms with Gasteiger partial charge in [-0.05, 0) is 12.3 Å². The summed E-state index contributed by atoms with van der Waals surface area (Å²) in [5, 5.41) is 4.92. The van der Waals surface area contributed by atoms with Gasteiger partial charge in [0.15, 0.2) is 0 Å². The van der Waals surface area contributed by atoms with Crippen LogP contribution >= 0.6 is 0 Å². The van der Waals surface area contributed by atoms with Gasteiger partial charge in [-0.3, -0.25) is 14.4 Å². The van der Waals surface area contributed by atoms with Gasteiger partial charge in [-0.15, -0.1) is 0 Å². The first-order valence-corrected chi connectivity index (χ1v) is 13.7. The third-order valence-corrected chi connectivity index (χ3v) is 8.41. The summed E-state index contributed by atoms with van der Waals surface area (Å²) in [7, 11) is -3.52. The highest BCUT2D eigenvalue weighted by Gasteiger charge is 2.41. The Morgan fingerprint density at radius 1 is 1.06 bits per heavy atom. The number of carbonyl (C=O) groups is 3. The average Bonchev–Trinajstić information content (AvgIpc) is 2.78. The zero-order valence-electron chi connectivity index (χ0n) is 19.0. The van der Waals surface area contributed by atoms with Crippen LogP contribution in [0.2, 0.25) is 0 Å². The molecule has 2 saturated heterocycles. The Morgan fingerprint density at radius 2 is 1.72 bits per heavy atom. The summed E-state index contributed by atoms with van der Waals surface area (Å²) in [4.78, 5) is 40.1. The highest BCUT2D eigenvalue weighted by Crippen LogP contribution is 2.27. The molecule has 2 aliphatic heterocycles. The van der Waals surface area contributed by atoms with E-state index >= 15 is 0 Å². The summed E-state index contributed by atoms with van der Waals surface area (Å²) in [6, 6.07) is -1.79. The first-order chi connectivity index (χ1) is 15.2. The Labute approximate surface area is 190 Å². The summed E-state index contributed by atoms with van der Waals surface area (Å²) in [6.07, 6.45) is 8.48. The maximum absolute atomic E-state index is 13.3. The lowest BCUT2D eigenvalue weighted by Gasteiger charge is -2.41. The first-order valence-electron chi connectivity index (χ1n) is 11.8. The number of sulfonamides is 1. The van der Waals surface area contributed by atoms with Crippen LogP contribution in [0.4, 0.5) is 0 Å². The average molecular weight is 473 g/mol. The van der Waals surface area contributed by atoms with Crippen molar-refractivity contribution in [2.24, 2.45) is 17.6 Å². The van der Waals surface area contributed by atoms with E-state index in [1.54, 1.807) is 0 Å². The number of amides is 3. The third-order valence-electron chi connectivity index (χ3n) is 7.14. The van der Waals surface area contributed by atoms with E-state index in [2.05, 4.69) is 10.6 Å². The molecule has 0 aromatic carbocycles. The molecule has 5 N–H and O–H groups in total. The molecule has 32 heavy (non-hydrogen) atoms. The van der Waals surface area contributed by atoms with Gasteiger partial charge in [-0.1, -0.05) is 32.1 Å². The molecular weight excluding hydrogens is 434 g/mol. The quantitative estimate of drug-likeness (QED) is 0.407. The monoisotopic (exact) mass is 472 g/mol. The Morgan fingerprint density at radius 3 is 2.31 bits per heavy atom. The molecule has 0 aromatic heterocycles. The molecule has 3 fully saturated rings. The molecule has 182 valence electrons. The number of primary amides is 1. The van der Waals surface area contributed by atoms with Gasteiger partial charge >= 0.3 is 0 Å². The topological polar surface area (TPSA) is 146 Å². The minimum atomic E-state index is -3.52. The minimum Gasteiger partial charge on any atom is -0.368 e. The number of hydrogen-bond acceptors (Lipinski definition) is 5. The number of piperidine rings is 1. The van der Waals surface area contributed by atoms with Crippen LogP contribution in [0, 0.1) is 11.8 Å². The Bertz CT molecular complexity index is 792. The van der Waals surface area contributed by atoms with Crippen molar-refractivity contribution in [3.8, 4) is 0 Å². The number of piperazine rings is 1. The van der Waals surface area contributed by atoms with Crippen LogP contribution < -0.4 is 16.4 Å². The maximum Gasteiger partial charge on any atom is 0.244 e. The van der Waals surface area contributed by atoms with Crippen LogP contribution in [0.3, 0.4) is 0 Å². The highest BCUT2D eigenvalue weighted by molar-refractivity contribution is 7.88. The fourth-order valence-corrected chi connectivity index (χ4v) is 6.05. The normalized spacial score (nSPS) is 25.3. The molecule has 1 aliphatic carbocycles. The van der Waals surface area contributed by atoms with E-state index in [0.717, 1.165) is 57.9 Å². The second kappa shape index (κ2) is 10.9. The number of nitrogens with two attached hydrogens (primary N) is 2. The van der Waals surface area contributed by atoms with E-state index < -0.39 is 33.9 Å². The third kappa shape index (κ3) is 6.41. The van der Waals surface area contributed by atoms with Crippen LogP contribution in [0.5, 0.6) is 0 Å². The van der Waals surface area contributed by atoms with Crippen LogP contribution in [0.15, 0.2) is 0 Å². The lowest BCUT2D eigenvalue weighted by Crippen LogP contribution is -2.86. The number of hydrogen-bond donors (Lipinski definition) is 3. The molecule has 0 radical (unpaired) electrons. The molecule has 3 aliphatic rings. The molecule has 11 heteroatoms. The standard InChI is InChI=1S/C21H37N5O5S/c1-32(30,31)25-11-12-26(21(29)16-7-9-23-10-8-16)18(14-25)20(28)24-17(19(22)27)13-15-5-3-2-4-6-15/h15-18,23H,2-14H2,1H3,(H2,22,27)(H,24,28)/p+1/t17-,18+/m0/s1. The molecule has 3 rings (SSSR count). The SMILES string of the molecule is CS(=O)(=O)N1CCN(C(=O)C2CC[NH2+]CC2)[C@@H](C(=O)N[C@@H](CC2CCCCC2)C(N)=O)C1. The van der Waals surface area contributed by atoms with E-state index in [1.807, 2.05) is 0 Å².